The molecule has 0 spiro atoms. The molecule has 0 N–H and O–H groups in total. The lowest BCUT2D eigenvalue weighted by Crippen LogP contribution is -2.29. The van der Waals surface area contributed by atoms with E-state index in [1.165, 1.54) is 32.1 Å². The fourth-order valence-corrected chi connectivity index (χ4v) is 3.58. The van der Waals surface area contributed by atoms with Crippen molar-refractivity contribution < 1.29 is 4.42 Å². The van der Waals surface area contributed by atoms with Crippen molar-refractivity contribution in [3.8, 4) is 0 Å². The highest BCUT2D eigenvalue weighted by molar-refractivity contribution is 6.16. The molecule has 1 atom stereocenters. The molecular formula is C12H16ClNO. The third-order valence-corrected chi connectivity index (χ3v) is 4.44. The normalized spacial score (nSPS) is 34.6. The fourth-order valence-electron chi connectivity index (χ4n) is 3.38. The lowest BCUT2D eigenvalue weighted by molar-refractivity contribution is 0.130. The summed E-state index contributed by atoms with van der Waals surface area (Å²) in [6.45, 7) is 0. The maximum Gasteiger partial charge on any atom is 0.181 e. The molecule has 15 heavy (non-hydrogen) atoms. The van der Waals surface area contributed by atoms with E-state index in [0.717, 1.165) is 23.3 Å². The zero-order valence-corrected chi connectivity index (χ0v) is 9.54. The van der Waals surface area contributed by atoms with Gasteiger partial charge in [-0.2, -0.15) is 0 Å². The minimum absolute atomic E-state index is 0.486. The van der Waals surface area contributed by atoms with Crippen molar-refractivity contribution in [3.63, 3.8) is 0 Å². The van der Waals surface area contributed by atoms with Crippen LogP contribution in [0.25, 0.3) is 0 Å². The molecular weight excluding hydrogens is 210 g/mol. The number of aromatic nitrogens is 1. The average molecular weight is 226 g/mol. The van der Waals surface area contributed by atoms with E-state index in [2.05, 4.69) is 4.98 Å². The van der Waals surface area contributed by atoms with E-state index < -0.39 is 0 Å². The molecule has 0 aliphatic heterocycles. The second kappa shape index (κ2) is 3.82. The van der Waals surface area contributed by atoms with Crippen molar-refractivity contribution in [1.29, 1.82) is 0 Å². The molecule has 0 aromatic carbocycles. The highest BCUT2D eigenvalue weighted by Crippen LogP contribution is 2.50. The van der Waals surface area contributed by atoms with Gasteiger partial charge in [0.15, 0.2) is 6.39 Å². The van der Waals surface area contributed by atoms with Gasteiger partial charge in [-0.3, -0.25) is 0 Å². The molecule has 3 saturated carbocycles. The average Bonchev–Trinajstić information content (AvgIpc) is 2.78. The first-order valence-corrected chi connectivity index (χ1v) is 6.40. The lowest BCUT2D eigenvalue weighted by atomic mass is 9.64. The predicted molar refractivity (Wildman–Crippen MR) is 58.9 cm³/mol. The number of rotatable bonds is 2. The number of nitrogens with zero attached hydrogens (tertiary/aromatic N) is 1. The second-order valence-electron chi connectivity index (χ2n) is 4.92. The third-order valence-electron chi connectivity index (χ3n) is 4.18. The summed E-state index contributed by atoms with van der Waals surface area (Å²) < 4.78 is 5.55. The molecule has 2 bridgehead atoms. The lowest BCUT2D eigenvalue weighted by Gasteiger charge is -2.41. The number of fused-ring (bicyclic) bond motifs is 3. The summed E-state index contributed by atoms with van der Waals surface area (Å²) in [5.74, 6) is 3.92. The monoisotopic (exact) mass is 225 g/mol. The van der Waals surface area contributed by atoms with Gasteiger partial charge in [0, 0.05) is 5.92 Å². The van der Waals surface area contributed by atoms with Crippen molar-refractivity contribution in [1.82, 2.24) is 4.98 Å². The van der Waals surface area contributed by atoms with Gasteiger partial charge >= 0.3 is 0 Å². The predicted octanol–water partition coefficient (Wildman–Crippen LogP) is 3.71. The van der Waals surface area contributed by atoms with E-state index in [0.29, 0.717) is 11.8 Å². The third kappa shape index (κ3) is 1.59. The van der Waals surface area contributed by atoms with Crippen molar-refractivity contribution in [3.05, 3.63) is 17.8 Å². The Kier molecular flexibility index (Phi) is 2.47. The Bertz CT molecular complexity index is 341. The van der Waals surface area contributed by atoms with E-state index in [-0.39, 0.29) is 0 Å². The molecule has 1 heterocycles. The van der Waals surface area contributed by atoms with Gasteiger partial charge in [-0.05, 0) is 31.1 Å². The minimum Gasteiger partial charge on any atom is -0.448 e. The van der Waals surface area contributed by atoms with Gasteiger partial charge in [0.25, 0.3) is 0 Å². The van der Waals surface area contributed by atoms with Crippen LogP contribution in [0.15, 0.2) is 10.8 Å². The van der Waals surface area contributed by atoms with Crippen molar-refractivity contribution in [2.75, 3.05) is 0 Å². The molecule has 3 fully saturated rings. The summed E-state index contributed by atoms with van der Waals surface area (Å²) in [5, 5.41) is 0. The summed E-state index contributed by atoms with van der Waals surface area (Å²) in [6.07, 6.45) is 8.44. The summed E-state index contributed by atoms with van der Waals surface area (Å²) >= 11 is 5.87. The van der Waals surface area contributed by atoms with Crippen LogP contribution in [0.2, 0.25) is 0 Å². The minimum atomic E-state index is 0.486. The fraction of sp³-hybridized carbons (Fsp3) is 0.750. The van der Waals surface area contributed by atoms with Gasteiger partial charge in [0.1, 0.15) is 5.76 Å². The zero-order chi connectivity index (χ0) is 10.3. The Labute approximate surface area is 95.0 Å². The number of alkyl halides is 1. The summed E-state index contributed by atoms with van der Waals surface area (Å²) in [4.78, 5) is 4.19. The quantitative estimate of drug-likeness (QED) is 0.718. The Morgan fingerprint density at radius 1 is 1.33 bits per heavy atom. The van der Waals surface area contributed by atoms with Crippen LogP contribution in [0.4, 0.5) is 0 Å². The van der Waals surface area contributed by atoms with Crippen LogP contribution in [-0.2, 0) is 5.88 Å². The molecule has 0 radical (unpaired) electrons. The molecule has 1 aromatic heterocycles. The molecule has 3 aliphatic rings. The van der Waals surface area contributed by atoms with Crippen LogP contribution in [0.1, 0.15) is 49.5 Å². The van der Waals surface area contributed by atoms with Crippen LogP contribution in [-0.4, -0.2) is 4.98 Å². The second-order valence-corrected chi connectivity index (χ2v) is 5.19. The van der Waals surface area contributed by atoms with Gasteiger partial charge in [-0.15, -0.1) is 11.6 Å². The molecule has 1 unspecified atom stereocenters. The van der Waals surface area contributed by atoms with Gasteiger partial charge < -0.3 is 4.42 Å². The van der Waals surface area contributed by atoms with Gasteiger partial charge in [-0.25, -0.2) is 4.98 Å². The molecule has 0 amide bonds. The topological polar surface area (TPSA) is 26.0 Å². The largest absolute Gasteiger partial charge is 0.448 e. The molecule has 82 valence electrons. The van der Waals surface area contributed by atoms with Crippen molar-refractivity contribution >= 4 is 11.6 Å². The van der Waals surface area contributed by atoms with E-state index in [4.69, 9.17) is 16.0 Å². The van der Waals surface area contributed by atoms with E-state index in [1.807, 2.05) is 0 Å². The number of hydrogen-bond acceptors (Lipinski definition) is 2. The molecule has 4 rings (SSSR count). The number of halogens is 1. The van der Waals surface area contributed by atoms with Gasteiger partial charge in [0.2, 0.25) is 0 Å². The maximum absolute atomic E-state index is 5.87. The number of hydrogen-bond donors (Lipinski definition) is 0. The van der Waals surface area contributed by atoms with E-state index in [9.17, 15) is 0 Å². The van der Waals surface area contributed by atoms with E-state index >= 15 is 0 Å². The van der Waals surface area contributed by atoms with Crippen LogP contribution >= 0.6 is 11.6 Å². The Morgan fingerprint density at radius 2 is 2.13 bits per heavy atom. The molecule has 3 heteroatoms. The first-order chi connectivity index (χ1) is 7.38. The summed E-state index contributed by atoms with van der Waals surface area (Å²) in [5.41, 5.74) is 0.967. The molecule has 2 nitrogen and oxygen atoms in total. The Hall–Kier alpha value is -0.500. The van der Waals surface area contributed by atoms with Crippen LogP contribution in [0, 0.1) is 11.8 Å². The first-order valence-electron chi connectivity index (χ1n) is 5.86. The van der Waals surface area contributed by atoms with E-state index in [1.54, 1.807) is 6.39 Å². The molecule has 3 aliphatic carbocycles. The van der Waals surface area contributed by atoms with Crippen LogP contribution in [0.5, 0.6) is 0 Å². The highest BCUT2D eigenvalue weighted by atomic mass is 35.5. The summed E-state index contributed by atoms with van der Waals surface area (Å²) in [7, 11) is 0. The molecule has 0 saturated heterocycles. The first kappa shape index (κ1) is 9.71. The smallest absolute Gasteiger partial charge is 0.181 e. The maximum atomic E-state index is 5.87. The van der Waals surface area contributed by atoms with Crippen molar-refractivity contribution in [2.24, 2.45) is 11.8 Å². The SMILES string of the molecule is ClCc1ncoc1C1CC2CCC1CC2. The highest BCUT2D eigenvalue weighted by Gasteiger charge is 2.38. The number of oxazole rings is 1. The van der Waals surface area contributed by atoms with Crippen LogP contribution < -0.4 is 0 Å². The van der Waals surface area contributed by atoms with Gasteiger partial charge in [0.05, 0.1) is 11.6 Å². The van der Waals surface area contributed by atoms with Crippen molar-refractivity contribution in [2.45, 2.75) is 43.9 Å². The Balaban J connectivity index is 1.88. The van der Waals surface area contributed by atoms with Gasteiger partial charge in [-0.1, -0.05) is 12.8 Å². The Morgan fingerprint density at radius 3 is 2.73 bits per heavy atom. The standard InChI is InChI=1S/C12H16ClNO/c13-6-11-12(15-7-14-11)10-5-8-1-3-9(10)4-2-8/h7-10H,1-6H2. The summed E-state index contributed by atoms with van der Waals surface area (Å²) in [6, 6.07) is 0. The molecule has 1 aromatic rings. The van der Waals surface area contributed by atoms with Crippen LogP contribution in [0.3, 0.4) is 0 Å². The zero-order valence-electron chi connectivity index (χ0n) is 8.79.